The SMILES string of the molecule is CCc1cccc(CNCC(OC(=O)CCC(=O)c2ccc(C)cc2)C(N)Cc2cc(F)cc(F)c2)c1. The van der Waals surface area contributed by atoms with Crippen LogP contribution in [0.4, 0.5) is 8.78 Å². The number of hydrogen-bond donors (Lipinski definition) is 2. The highest BCUT2D eigenvalue weighted by atomic mass is 19.1. The highest BCUT2D eigenvalue weighted by Crippen LogP contribution is 2.14. The summed E-state index contributed by atoms with van der Waals surface area (Å²) in [5.41, 5.74) is 10.6. The monoisotopic (exact) mass is 508 g/mol. The first-order valence-electron chi connectivity index (χ1n) is 12.5. The van der Waals surface area contributed by atoms with Crippen LogP contribution >= 0.6 is 0 Å². The Hall–Kier alpha value is -3.42. The summed E-state index contributed by atoms with van der Waals surface area (Å²) in [6.45, 7) is 4.80. The zero-order chi connectivity index (χ0) is 26.8. The van der Waals surface area contributed by atoms with Gasteiger partial charge < -0.3 is 15.8 Å². The van der Waals surface area contributed by atoms with Gasteiger partial charge in [0.25, 0.3) is 0 Å². The molecule has 7 heteroatoms. The van der Waals surface area contributed by atoms with Crippen molar-refractivity contribution < 1.29 is 23.1 Å². The van der Waals surface area contributed by atoms with E-state index >= 15 is 0 Å². The van der Waals surface area contributed by atoms with E-state index in [9.17, 15) is 18.4 Å². The summed E-state index contributed by atoms with van der Waals surface area (Å²) < 4.78 is 33.0. The van der Waals surface area contributed by atoms with Gasteiger partial charge in [0.15, 0.2) is 5.78 Å². The number of esters is 1. The fraction of sp³-hybridized carbons (Fsp3) is 0.333. The summed E-state index contributed by atoms with van der Waals surface area (Å²) in [7, 11) is 0. The zero-order valence-electron chi connectivity index (χ0n) is 21.3. The van der Waals surface area contributed by atoms with Crippen molar-refractivity contribution >= 4 is 11.8 Å². The van der Waals surface area contributed by atoms with E-state index in [0.29, 0.717) is 17.7 Å². The molecule has 0 aliphatic heterocycles. The molecule has 5 nitrogen and oxygen atoms in total. The van der Waals surface area contributed by atoms with Gasteiger partial charge in [-0.3, -0.25) is 9.59 Å². The normalized spacial score (nSPS) is 12.7. The number of rotatable bonds is 13. The molecule has 37 heavy (non-hydrogen) atoms. The molecule has 2 unspecified atom stereocenters. The van der Waals surface area contributed by atoms with Crippen LogP contribution in [0.25, 0.3) is 0 Å². The van der Waals surface area contributed by atoms with Gasteiger partial charge in [0.2, 0.25) is 0 Å². The van der Waals surface area contributed by atoms with Gasteiger partial charge in [0, 0.05) is 37.2 Å². The van der Waals surface area contributed by atoms with Crippen molar-refractivity contribution in [3.63, 3.8) is 0 Å². The molecule has 3 rings (SSSR count). The highest BCUT2D eigenvalue weighted by Gasteiger charge is 2.23. The molecule has 3 aromatic carbocycles. The summed E-state index contributed by atoms with van der Waals surface area (Å²) in [5.74, 6) is -2.10. The molecular formula is C30H34F2N2O3. The Kier molecular flexibility index (Phi) is 10.5. The third-order valence-electron chi connectivity index (χ3n) is 6.16. The number of halogens is 2. The fourth-order valence-electron chi connectivity index (χ4n) is 4.06. The van der Waals surface area contributed by atoms with Gasteiger partial charge in [-0.25, -0.2) is 8.78 Å². The number of carbonyl (C=O) groups is 2. The third-order valence-corrected chi connectivity index (χ3v) is 6.16. The topological polar surface area (TPSA) is 81.4 Å². The number of ketones is 1. The molecule has 0 aliphatic carbocycles. The lowest BCUT2D eigenvalue weighted by Crippen LogP contribution is -2.46. The highest BCUT2D eigenvalue weighted by molar-refractivity contribution is 5.97. The molecule has 0 spiro atoms. The Bertz CT molecular complexity index is 1180. The van der Waals surface area contributed by atoms with E-state index in [1.54, 1.807) is 12.1 Å². The second kappa shape index (κ2) is 13.8. The maximum atomic E-state index is 13.7. The fourth-order valence-corrected chi connectivity index (χ4v) is 4.06. The number of nitrogens with one attached hydrogen (secondary N) is 1. The van der Waals surface area contributed by atoms with Crippen LogP contribution in [0, 0.1) is 18.6 Å². The van der Waals surface area contributed by atoms with Crippen molar-refractivity contribution in [1.82, 2.24) is 5.32 Å². The van der Waals surface area contributed by atoms with Crippen LogP contribution in [0.15, 0.2) is 66.7 Å². The molecule has 0 amide bonds. The first-order chi connectivity index (χ1) is 17.7. The van der Waals surface area contributed by atoms with Crippen molar-refractivity contribution in [2.24, 2.45) is 5.73 Å². The Balaban J connectivity index is 1.62. The molecule has 196 valence electrons. The molecule has 3 N–H and O–H groups in total. The van der Waals surface area contributed by atoms with E-state index in [1.165, 1.54) is 17.7 Å². The second-order valence-corrected chi connectivity index (χ2v) is 9.27. The quantitative estimate of drug-likeness (QED) is 0.249. The molecule has 0 bridgehead atoms. The molecular weight excluding hydrogens is 474 g/mol. The van der Waals surface area contributed by atoms with Crippen LogP contribution in [0.2, 0.25) is 0 Å². The van der Waals surface area contributed by atoms with E-state index in [1.807, 2.05) is 31.2 Å². The van der Waals surface area contributed by atoms with Gasteiger partial charge >= 0.3 is 5.97 Å². The average molecular weight is 509 g/mol. The predicted molar refractivity (Wildman–Crippen MR) is 140 cm³/mol. The molecule has 0 aromatic heterocycles. The summed E-state index contributed by atoms with van der Waals surface area (Å²) in [4.78, 5) is 25.1. The average Bonchev–Trinajstić information content (AvgIpc) is 2.86. The Morgan fingerprint density at radius 3 is 2.27 bits per heavy atom. The molecule has 0 saturated carbocycles. The van der Waals surface area contributed by atoms with Gasteiger partial charge in [-0.15, -0.1) is 0 Å². The molecule has 0 fully saturated rings. The maximum Gasteiger partial charge on any atom is 0.306 e. The first kappa shape index (κ1) is 28.2. The number of Topliss-reactive ketones (excluding diaryl/α,β-unsaturated/α-hetero) is 1. The van der Waals surface area contributed by atoms with Crippen molar-refractivity contribution in [3.8, 4) is 0 Å². The maximum absolute atomic E-state index is 13.7. The Morgan fingerprint density at radius 2 is 1.59 bits per heavy atom. The van der Waals surface area contributed by atoms with Gasteiger partial charge in [-0.05, 0) is 48.6 Å². The molecule has 0 heterocycles. The minimum atomic E-state index is -0.761. The number of ether oxygens (including phenoxy) is 1. The number of carbonyl (C=O) groups excluding carboxylic acids is 2. The minimum Gasteiger partial charge on any atom is -0.459 e. The lowest BCUT2D eigenvalue weighted by molar-refractivity contribution is -0.149. The van der Waals surface area contributed by atoms with E-state index in [-0.39, 0.29) is 31.6 Å². The smallest absolute Gasteiger partial charge is 0.306 e. The molecule has 2 atom stereocenters. The van der Waals surface area contributed by atoms with E-state index in [4.69, 9.17) is 10.5 Å². The number of benzene rings is 3. The molecule has 0 radical (unpaired) electrons. The number of hydrogen-bond acceptors (Lipinski definition) is 5. The summed E-state index contributed by atoms with van der Waals surface area (Å²) in [6.07, 6.45) is 0.189. The van der Waals surface area contributed by atoms with Crippen LogP contribution in [0.3, 0.4) is 0 Å². The zero-order valence-corrected chi connectivity index (χ0v) is 21.3. The first-order valence-corrected chi connectivity index (χ1v) is 12.5. The largest absolute Gasteiger partial charge is 0.459 e. The number of aryl methyl sites for hydroxylation is 2. The van der Waals surface area contributed by atoms with Crippen LogP contribution in [0.5, 0.6) is 0 Å². The van der Waals surface area contributed by atoms with Crippen molar-refractivity contribution in [2.75, 3.05) is 6.54 Å². The molecule has 0 saturated heterocycles. The minimum absolute atomic E-state index is 0.0101. The van der Waals surface area contributed by atoms with Gasteiger partial charge in [-0.2, -0.15) is 0 Å². The van der Waals surface area contributed by atoms with Gasteiger partial charge in [0.1, 0.15) is 17.7 Å². The Labute approximate surface area is 217 Å². The van der Waals surface area contributed by atoms with Crippen molar-refractivity contribution in [2.45, 2.75) is 58.2 Å². The van der Waals surface area contributed by atoms with Crippen LogP contribution in [-0.2, 0) is 28.9 Å². The summed E-state index contributed by atoms with van der Waals surface area (Å²) in [5, 5.41) is 3.27. The third kappa shape index (κ3) is 9.19. The van der Waals surface area contributed by atoms with Crippen LogP contribution in [-0.4, -0.2) is 30.4 Å². The molecule has 3 aromatic rings. The van der Waals surface area contributed by atoms with E-state index in [0.717, 1.165) is 23.6 Å². The summed E-state index contributed by atoms with van der Waals surface area (Å²) in [6, 6.07) is 17.8. The Morgan fingerprint density at radius 1 is 0.919 bits per heavy atom. The van der Waals surface area contributed by atoms with Crippen molar-refractivity contribution in [1.29, 1.82) is 0 Å². The predicted octanol–water partition coefficient (Wildman–Crippen LogP) is 5.07. The van der Waals surface area contributed by atoms with Crippen LogP contribution < -0.4 is 11.1 Å². The van der Waals surface area contributed by atoms with E-state index < -0.39 is 29.7 Å². The van der Waals surface area contributed by atoms with Gasteiger partial charge in [0.05, 0.1) is 6.42 Å². The van der Waals surface area contributed by atoms with Crippen LogP contribution in [0.1, 0.15) is 52.4 Å². The number of nitrogens with two attached hydrogens (primary N) is 1. The summed E-state index contributed by atoms with van der Waals surface area (Å²) >= 11 is 0. The van der Waals surface area contributed by atoms with Crippen molar-refractivity contribution in [3.05, 3.63) is 106 Å². The standard InChI is InChI=1S/C30H34F2N2O3/c1-3-21-5-4-6-22(13-21)18-34-19-29(27(33)16-23-14-25(31)17-26(32)15-23)37-30(36)12-11-28(35)24-9-7-20(2)8-10-24/h4-10,13-15,17,27,29,34H,3,11-12,16,18-19,33H2,1-2H3. The lowest BCUT2D eigenvalue weighted by atomic mass is 10.0. The van der Waals surface area contributed by atoms with E-state index in [2.05, 4.69) is 24.4 Å². The lowest BCUT2D eigenvalue weighted by Gasteiger charge is -2.25. The second-order valence-electron chi connectivity index (χ2n) is 9.27. The molecule has 0 aliphatic rings. The van der Waals surface area contributed by atoms with Gasteiger partial charge in [-0.1, -0.05) is 61.0 Å².